The quantitative estimate of drug-likeness (QED) is 0.705. The molecule has 0 unspecified atom stereocenters. The number of thiazole rings is 1. The molecule has 0 saturated carbocycles. The second kappa shape index (κ2) is 6.14. The summed E-state index contributed by atoms with van der Waals surface area (Å²) in [5.74, 6) is 0. The minimum Gasteiger partial charge on any atom is -0.304 e. The Bertz CT molecular complexity index is 206. The monoisotopic (exact) mass is 186 g/mol. The zero-order valence-electron chi connectivity index (χ0n) is 8.59. The summed E-state index contributed by atoms with van der Waals surface area (Å²) in [6, 6.07) is 0. The van der Waals surface area contributed by atoms with E-state index < -0.39 is 0 Å². The molecule has 0 aliphatic heterocycles. The summed E-state index contributed by atoms with van der Waals surface area (Å²) in [6.07, 6.45) is 0. The molecule has 0 spiro atoms. The van der Waals surface area contributed by atoms with Gasteiger partial charge in [0, 0.05) is 11.9 Å². The Morgan fingerprint density at radius 1 is 1.42 bits per heavy atom. The van der Waals surface area contributed by atoms with Crippen LogP contribution in [0.3, 0.4) is 0 Å². The third-order valence-electron chi connectivity index (χ3n) is 1.14. The summed E-state index contributed by atoms with van der Waals surface area (Å²) >= 11 is 1.71. The van der Waals surface area contributed by atoms with E-state index in [1.54, 1.807) is 11.3 Å². The van der Waals surface area contributed by atoms with Gasteiger partial charge in [-0.05, 0) is 21.0 Å². The summed E-state index contributed by atoms with van der Waals surface area (Å²) in [5, 5.41) is 3.26. The topological polar surface area (TPSA) is 16.1 Å². The highest BCUT2D eigenvalue weighted by molar-refractivity contribution is 7.09. The van der Waals surface area contributed by atoms with Gasteiger partial charge in [-0.1, -0.05) is 13.8 Å². The van der Waals surface area contributed by atoms with Crippen molar-refractivity contribution in [2.24, 2.45) is 0 Å². The van der Waals surface area contributed by atoms with E-state index in [1.807, 2.05) is 20.8 Å². The van der Waals surface area contributed by atoms with Crippen LogP contribution in [-0.4, -0.2) is 24.0 Å². The van der Waals surface area contributed by atoms with E-state index in [1.165, 1.54) is 5.69 Å². The van der Waals surface area contributed by atoms with Gasteiger partial charge in [0.1, 0.15) is 0 Å². The molecule has 1 aromatic rings. The molecule has 3 heteroatoms. The van der Waals surface area contributed by atoms with Crippen LogP contribution in [0.4, 0.5) is 0 Å². The second-order valence-electron chi connectivity index (χ2n) is 2.60. The van der Waals surface area contributed by atoms with Crippen molar-refractivity contribution in [2.75, 3.05) is 14.1 Å². The van der Waals surface area contributed by atoms with Crippen LogP contribution in [-0.2, 0) is 6.54 Å². The molecule has 0 amide bonds. The fourth-order valence-corrected chi connectivity index (χ4v) is 1.41. The van der Waals surface area contributed by atoms with Crippen LogP contribution < -0.4 is 0 Å². The third-order valence-corrected chi connectivity index (χ3v) is 1.97. The smallest absolute Gasteiger partial charge is 0.0897 e. The Morgan fingerprint density at radius 3 is 2.33 bits per heavy atom. The fourth-order valence-electron chi connectivity index (χ4n) is 0.805. The Kier molecular flexibility index (Phi) is 5.93. The van der Waals surface area contributed by atoms with E-state index in [4.69, 9.17) is 0 Å². The molecule has 1 rings (SSSR count). The lowest BCUT2D eigenvalue weighted by Crippen LogP contribution is -2.10. The lowest BCUT2D eigenvalue weighted by atomic mass is 10.5. The van der Waals surface area contributed by atoms with Gasteiger partial charge in [-0.25, -0.2) is 4.98 Å². The average molecular weight is 186 g/mol. The van der Waals surface area contributed by atoms with Crippen LogP contribution in [0.15, 0.2) is 5.38 Å². The first kappa shape index (κ1) is 11.6. The second-order valence-corrected chi connectivity index (χ2v) is 3.66. The van der Waals surface area contributed by atoms with Crippen LogP contribution in [0.2, 0.25) is 0 Å². The van der Waals surface area contributed by atoms with Gasteiger partial charge in [0.25, 0.3) is 0 Å². The number of aromatic nitrogens is 1. The van der Waals surface area contributed by atoms with Crippen LogP contribution in [0.1, 0.15) is 24.5 Å². The Balaban J connectivity index is 0.000000561. The van der Waals surface area contributed by atoms with Gasteiger partial charge in [0.2, 0.25) is 0 Å². The number of nitrogens with zero attached hydrogens (tertiary/aromatic N) is 2. The Hall–Kier alpha value is -0.410. The lowest BCUT2D eigenvalue weighted by molar-refractivity contribution is 0.397. The van der Waals surface area contributed by atoms with Gasteiger partial charge < -0.3 is 4.90 Å². The van der Waals surface area contributed by atoms with Crippen molar-refractivity contribution in [1.82, 2.24) is 9.88 Å². The molecule has 0 radical (unpaired) electrons. The predicted octanol–water partition coefficient (Wildman–Crippen LogP) is 2.54. The molecule has 0 saturated heterocycles. The highest BCUT2D eigenvalue weighted by Crippen LogP contribution is 2.08. The number of aryl methyl sites for hydroxylation is 1. The first-order chi connectivity index (χ1) is 5.68. The van der Waals surface area contributed by atoms with E-state index in [2.05, 4.69) is 29.4 Å². The number of rotatable bonds is 2. The molecule has 0 N–H and O–H groups in total. The first-order valence-corrected chi connectivity index (χ1v) is 5.12. The minimum atomic E-state index is 0.949. The molecule has 0 aliphatic rings. The molecule has 0 bridgehead atoms. The normalized spacial score (nSPS) is 9.50. The highest BCUT2D eigenvalue weighted by Gasteiger charge is 1.97. The van der Waals surface area contributed by atoms with Crippen molar-refractivity contribution in [1.29, 1.82) is 0 Å². The maximum atomic E-state index is 4.33. The molecule has 0 aliphatic carbocycles. The van der Waals surface area contributed by atoms with Crippen molar-refractivity contribution in [3.05, 3.63) is 16.1 Å². The van der Waals surface area contributed by atoms with Crippen LogP contribution >= 0.6 is 11.3 Å². The summed E-state index contributed by atoms with van der Waals surface area (Å²) < 4.78 is 0. The Labute approximate surface area is 79.2 Å². The molecule has 1 heterocycles. The van der Waals surface area contributed by atoms with Crippen molar-refractivity contribution >= 4 is 11.3 Å². The van der Waals surface area contributed by atoms with Crippen LogP contribution in [0.5, 0.6) is 0 Å². The van der Waals surface area contributed by atoms with Gasteiger partial charge in [-0.2, -0.15) is 0 Å². The van der Waals surface area contributed by atoms with Crippen molar-refractivity contribution < 1.29 is 0 Å². The van der Waals surface area contributed by atoms with Gasteiger partial charge in [0.15, 0.2) is 0 Å². The van der Waals surface area contributed by atoms with E-state index in [0.29, 0.717) is 0 Å². The zero-order valence-corrected chi connectivity index (χ0v) is 9.40. The highest BCUT2D eigenvalue weighted by atomic mass is 32.1. The molecule has 12 heavy (non-hydrogen) atoms. The summed E-state index contributed by atoms with van der Waals surface area (Å²) in [5.41, 5.74) is 1.17. The maximum absolute atomic E-state index is 4.33. The van der Waals surface area contributed by atoms with E-state index >= 15 is 0 Å². The van der Waals surface area contributed by atoms with E-state index in [-0.39, 0.29) is 0 Å². The van der Waals surface area contributed by atoms with Crippen LogP contribution in [0.25, 0.3) is 0 Å². The third kappa shape index (κ3) is 4.46. The van der Waals surface area contributed by atoms with Gasteiger partial charge in [-0.15, -0.1) is 11.3 Å². The van der Waals surface area contributed by atoms with E-state index in [9.17, 15) is 0 Å². The first-order valence-electron chi connectivity index (χ1n) is 4.24. The maximum Gasteiger partial charge on any atom is 0.0897 e. The average Bonchev–Trinajstić information content (AvgIpc) is 2.39. The van der Waals surface area contributed by atoms with Gasteiger partial charge in [0.05, 0.1) is 10.7 Å². The van der Waals surface area contributed by atoms with Gasteiger partial charge in [-0.3, -0.25) is 0 Å². The Morgan fingerprint density at radius 2 is 2.00 bits per heavy atom. The molecular weight excluding hydrogens is 168 g/mol. The number of hydrogen-bond donors (Lipinski definition) is 0. The van der Waals surface area contributed by atoms with Gasteiger partial charge >= 0.3 is 0 Å². The van der Waals surface area contributed by atoms with Crippen molar-refractivity contribution in [3.8, 4) is 0 Å². The molecule has 0 atom stereocenters. The molecular formula is C9H18N2S. The number of hydrogen-bond acceptors (Lipinski definition) is 3. The summed E-state index contributed by atoms with van der Waals surface area (Å²) in [6.45, 7) is 6.98. The minimum absolute atomic E-state index is 0.949. The molecule has 2 nitrogen and oxygen atoms in total. The summed E-state index contributed by atoms with van der Waals surface area (Å²) in [7, 11) is 4.10. The lowest BCUT2D eigenvalue weighted by Gasteiger charge is -2.04. The van der Waals surface area contributed by atoms with Crippen LogP contribution in [0, 0.1) is 6.92 Å². The molecule has 0 aromatic carbocycles. The SMILES string of the molecule is CC.Cc1nc(CN(C)C)cs1. The largest absolute Gasteiger partial charge is 0.304 e. The zero-order chi connectivity index (χ0) is 9.56. The molecule has 1 aromatic heterocycles. The standard InChI is InChI=1S/C7H12N2S.C2H6/c1-6-8-7(5-10-6)4-9(2)3;1-2/h5H,4H2,1-3H3;1-2H3. The molecule has 70 valence electrons. The fraction of sp³-hybridized carbons (Fsp3) is 0.667. The van der Waals surface area contributed by atoms with Crippen molar-refractivity contribution in [3.63, 3.8) is 0 Å². The summed E-state index contributed by atoms with van der Waals surface area (Å²) in [4.78, 5) is 6.45. The molecule has 0 fully saturated rings. The van der Waals surface area contributed by atoms with Crippen molar-refractivity contribution in [2.45, 2.75) is 27.3 Å². The predicted molar refractivity (Wildman–Crippen MR) is 55.6 cm³/mol. The van der Waals surface area contributed by atoms with E-state index in [0.717, 1.165) is 11.6 Å².